The van der Waals surface area contributed by atoms with Crippen molar-refractivity contribution in [3.8, 4) is 0 Å². The van der Waals surface area contributed by atoms with Gasteiger partial charge >= 0.3 is 0 Å². The van der Waals surface area contributed by atoms with Crippen LogP contribution in [0.25, 0.3) is 0 Å². The van der Waals surface area contributed by atoms with E-state index in [4.69, 9.17) is 0 Å². The predicted octanol–water partition coefficient (Wildman–Crippen LogP) is 2.52. The van der Waals surface area contributed by atoms with Gasteiger partial charge in [0, 0.05) is 18.7 Å². The molecule has 0 aromatic rings. The first-order valence-corrected chi connectivity index (χ1v) is 3.91. The minimum absolute atomic E-state index is 0.872. The topological polar surface area (TPSA) is 12.4 Å². The van der Waals surface area contributed by atoms with E-state index in [9.17, 15) is 0 Å². The van der Waals surface area contributed by atoms with E-state index in [0.717, 1.165) is 19.4 Å². The highest BCUT2D eigenvalue weighted by Crippen LogP contribution is 1.99. The summed E-state index contributed by atoms with van der Waals surface area (Å²) in [5.41, 5.74) is 1.18. The Morgan fingerprint density at radius 1 is 1.55 bits per heavy atom. The van der Waals surface area contributed by atoms with E-state index in [2.05, 4.69) is 23.7 Å². The normalized spacial score (nSPS) is 19.1. The zero-order valence-electron chi connectivity index (χ0n) is 6.66. The average molecular weight is 147 g/mol. The molecular weight excluding hydrogens is 134 g/mol. The molecule has 0 aromatic heterocycles. The van der Waals surface area contributed by atoms with Crippen LogP contribution in [0.3, 0.4) is 0 Å². The second kappa shape index (κ2) is 4.67. The molecule has 11 heavy (non-hydrogen) atoms. The Kier molecular flexibility index (Phi) is 3.39. The van der Waals surface area contributed by atoms with Crippen LogP contribution in [0.4, 0.5) is 0 Å². The maximum atomic E-state index is 4.38. The van der Waals surface area contributed by atoms with E-state index in [1.165, 1.54) is 5.71 Å². The van der Waals surface area contributed by atoms with Crippen LogP contribution in [0.1, 0.15) is 12.8 Å². The van der Waals surface area contributed by atoms with E-state index < -0.39 is 0 Å². The van der Waals surface area contributed by atoms with Gasteiger partial charge in [-0.2, -0.15) is 0 Å². The van der Waals surface area contributed by atoms with Crippen molar-refractivity contribution in [1.82, 2.24) is 0 Å². The Morgan fingerprint density at radius 3 is 3.09 bits per heavy atom. The van der Waals surface area contributed by atoms with Crippen molar-refractivity contribution >= 4 is 5.71 Å². The number of nitrogens with zero attached hydrogens (tertiary/aromatic N) is 1. The Labute approximate surface area is 67.8 Å². The first-order chi connectivity index (χ1) is 5.43. The molecule has 0 bridgehead atoms. The molecule has 0 aromatic carbocycles. The standard InChI is InChI=1S/C10H13N/c1-2-3-9-11-10-7-5-4-6-8-10/h2,4-7H,1,3,8-9H2. The molecular formula is C10H13N. The van der Waals surface area contributed by atoms with Crippen LogP contribution in [-0.2, 0) is 0 Å². The van der Waals surface area contributed by atoms with Crippen LogP contribution in [0, 0.1) is 0 Å². The number of hydrogen-bond donors (Lipinski definition) is 0. The highest BCUT2D eigenvalue weighted by molar-refractivity contribution is 5.97. The van der Waals surface area contributed by atoms with Crippen molar-refractivity contribution in [3.63, 3.8) is 0 Å². The fourth-order valence-corrected chi connectivity index (χ4v) is 0.919. The van der Waals surface area contributed by atoms with Gasteiger partial charge in [0.15, 0.2) is 0 Å². The largest absolute Gasteiger partial charge is 0.289 e. The molecule has 58 valence electrons. The van der Waals surface area contributed by atoms with E-state index in [0.29, 0.717) is 0 Å². The third-order valence-electron chi connectivity index (χ3n) is 1.51. The van der Waals surface area contributed by atoms with E-state index >= 15 is 0 Å². The Morgan fingerprint density at radius 2 is 2.45 bits per heavy atom. The van der Waals surface area contributed by atoms with Crippen molar-refractivity contribution in [3.05, 3.63) is 37.0 Å². The van der Waals surface area contributed by atoms with Crippen molar-refractivity contribution in [1.29, 1.82) is 0 Å². The molecule has 0 radical (unpaired) electrons. The van der Waals surface area contributed by atoms with Crippen LogP contribution in [0.5, 0.6) is 0 Å². The first kappa shape index (κ1) is 7.99. The van der Waals surface area contributed by atoms with E-state index in [-0.39, 0.29) is 0 Å². The molecule has 0 heterocycles. The summed E-state index contributed by atoms with van der Waals surface area (Å²) in [4.78, 5) is 4.38. The Hall–Kier alpha value is -1.11. The molecule has 0 unspecified atom stereocenters. The SMILES string of the molecule is C=CCCN=C1C=CC=CC1. The van der Waals surface area contributed by atoms with Crippen LogP contribution >= 0.6 is 0 Å². The van der Waals surface area contributed by atoms with Crippen molar-refractivity contribution < 1.29 is 0 Å². The van der Waals surface area contributed by atoms with Crippen LogP contribution < -0.4 is 0 Å². The summed E-state index contributed by atoms with van der Waals surface area (Å²) in [5.74, 6) is 0. The predicted molar refractivity (Wildman–Crippen MR) is 50.0 cm³/mol. The lowest BCUT2D eigenvalue weighted by Gasteiger charge is -1.99. The first-order valence-electron chi connectivity index (χ1n) is 3.91. The molecule has 0 spiro atoms. The highest BCUT2D eigenvalue weighted by Gasteiger charge is 1.92. The average Bonchev–Trinajstić information content (AvgIpc) is 2.07. The summed E-state index contributed by atoms with van der Waals surface area (Å²) in [6, 6.07) is 0. The number of rotatable bonds is 3. The molecule has 0 amide bonds. The van der Waals surface area contributed by atoms with Gasteiger partial charge in [-0.25, -0.2) is 0 Å². The van der Waals surface area contributed by atoms with Crippen molar-refractivity contribution in [2.45, 2.75) is 12.8 Å². The lowest BCUT2D eigenvalue weighted by Crippen LogP contribution is -1.95. The fourth-order valence-electron chi connectivity index (χ4n) is 0.919. The summed E-state index contributed by atoms with van der Waals surface area (Å²) >= 11 is 0. The maximum absolute atomic E-state index is 4.38. The van der Waals surface area contributed by atoms with Crippen LogP contribution in [-0.4, -0.2) is 12.3 Å². The Bertz CT molecular complexity index is 209. The van der Waals surface area contributed by atoms with Gasteiger partial charge in [-0.3, -0.25) is 4.99 Å². The monoisotopic (exact) mass is 147 g/mol. The molecule has 0 fully saturated rings. The molecule has 1 rings (SSSR count). The second-order valence-corrected chi connectivity index (χ2v) is 2.44. The molecule has 0 saturated carbocycles. The molecule has 0 aliphatic heterocycles. The molecule has 0 atom stereocenters. The van der Waals surface area contributed by atoms with Crippen molar-refractivity contribution in [2.75, 3.05) is 6.54 Å². The Balaban J connectivity index is 2.35. The lowest BCUT2D eigenvalue weighted by atomic mass is 10.1. The zero-order valence-corrected chi connectivity index (χ0v) is 6.66. The van der Waals surface area contributed by atoms with Gasteiger partial charge in [0.05, 0.1) is 0 Å². The van der Waals surface area contributed by atoms with E-state index in [1.807, 2.05) is 18.2 Å². The maximum Gasteiger partial charge on any atom is 0.0427 e. The van der Waals surface area contributed by atoms with Gasteiger partial charge in [-0.05, 0) is 12.5 Å². The zero-order chi connectivity index (χ0) is 7.94. The van der Waals surface area contributed by atoms with Crippen LogP contribution in [0.2, 0.25) is 0 Å². The molecule has 0 N–H and O–H groups in total. The summed E-state index contributed by atoms with van der Waals surface area (Å²) in [6.07, 6.45) is 12.1. The minimum Gasteiger partial charge on any atom is -0.289 e. The molecule has 1 nitrogen and oxygen atoms in total. The minimum atomic E-state index is 0.872. The van der Waals surface area contributed by atoms with Gasteiger partial charge < -0.3 is 0 Å². The van der Waals surface area contributed by atoms with Crippen molar-refractivity contribution in [2.24, 2.45) is 4.99 Å². The molecule has 1 aliphatic rings. The molecule has 1 heteroatoms. The summed E-state index contributed by atoms with van der Waals surface area (Å²) in [5, 5.41) is 0. The fraction of sp³-hybridized carbons (Fsp3) is 0.300. The second-order valence-electron chi connectivity index (χ2n) is 2.44. The lowest BCUT2D eigenvalue weighted by molar-refractivity contribution is 1.00. The third-order valence-corrected chi connectivity index (χ3v) is 1.51. The molecule has 0 saturated heterocycles. The quantitative estimate of drug-likeness (QED) is 0.429. The number of aliphatic imine (C=N–C) groups is 1. The number of hydrogen-bond acceptors (Lipinski definition) is 1. The van der Waals surface area contributed by atoms with Gasteiger partial charge in [-0.15, -0.1) is 6.58 Å². The van der Waals surface area contributed by atoms with Gasteiger partial charge in [0.2, 0.25) is 0 Å². The summed E-state index contributed by atoms with van der Waals surface area (Å²) in [7, 11) is 0. The van der Waals surface area contributed by atoms with Gasteiger partial charge in [0.25, 0.3) is 0 Å². The smallest absolute Gasteiger partial charge is 0.0427 e. The number of allylic oxidation sites excluding steroid dienone is 4. The van der Waals surface area contributed by atoms with Gasteiger partial charge in [0.1, 0.15) is 0 Å². The third kappa shape index (κ3) is 2.99. The summed E-state index contributed by atoms with van der Waals surface area (Å²) in [6.45, 7) is 4.51. The van der Waals surface area contributed by atoms with E-state index in [1.54, 1.807) is 0 Å². The van der Waals surface area contributed by atoms with Gasteiger partial charge in [-0.1, -0.05) is 24.3 Å². The van der Waals surface area contributed by atoms with Crippen LogP contribution in [0.15, 0.2) is 42.0 Å². The molecule has 1 aliphatic carbocycles. The highest BCUT2D eigenvalue weighted by atomic mass is 14.7. The summed E-state index contributed by atoms with van der Waals surface area (Å²) < 4.78 is 0.